The molecule has 0 N–H and O–H groups in total. The molecule has 3 aromatic rings. The van der Waals surface area contributed by atoms with E-state index in [1.54, 1.807) is 11.5 Å². The summed E-state index contributed by atoms with van der Waals surface area (Å²) in [4.78, 5) is 24.0. The van der Waals surface area contributed by atoms with E-state index in [1.165, 1.54) is 0 Å². The van der Waals surface area contributed by atoms with E-state index in [0.29, 0.717) is 24.1 Å². The van der Waals surface area contributed by atoms with Crippen LogP contribution in [-0.2, 0) is 6.54 Å². The van der Waals surface area contributed by atoms with Crippen LogP contribution in [0.4, 0.5) is 5.82 Å². The lowest BCUT2D eigenvalue weighted by molar-refractivity contribution is 0.383. The Balaban J connectivity index is 1.86. The number of nitrogens with zero attached hydrogens (tertiary/aromatic N) is 5. The van der Waals surface area contributed by atoms with Gasteiger partial charge >= 0.3 is 0 Å². The van der Waals surface area contributed by atoms with Gasteiger partial charge in [0.2, 0.25) is 5.89 Å². The lowest BCUT2D eigenvalue weighted by atomic mass is 10.2. The van der Waals surface area contributed by atoms with Gasteiger partial charge in [-0.25, -0.2) is 4.98 Å². The minimum Gasteiger partial charge on any atom is -0.342 e. The van der Waals surface area contributed by atoms with Crippen molar-refractivity contribution in [1.82, 2.24) is 19.7 Å². The molecule has 2 aromatic heterocycles. The van der Waals surface area contributed by atoms with Gasteiger partial charge in [-0.15, -0.1) is 0 Å². The van der Waals surface area contributed by atoms with Crippen molar-refractivity contribution < 1.29 is 4.52 Å². The van der Waals surface area contributed by atoms with Gasteiger partial charge in [-0.05, 0) is 31.9 Å². The molecular formula is C17H19N5O2. The predicted molar refractivity (Wildman–Crippen MR) is 90.0 cm³/mol. The Morgan fingerprint density at radius 1 is 1.29 bits per heavy atom. The van der Waals surface area contributed by atoms with Crippen molar-refractivity contribution in [3.05, 3.63) is 46.3 Å². The van der Waals surface area contributed by atoms with Crippen molar-refractivity contribution in [2.75, 3.05) is 11.4 Å². The van der Waals surface area contributed by atoms with Gasteiger partial charge in [-0.2, -0.15) is 4.98 Å². The zero-order valence-electron chi connectivity index (χ0n) is 13.8. The van der Waals surface area contributed by atoms with E-state index >= 15 is 0 Å². The summed E-state index contributed by atoms with van der Waals surface area (Å²) in [5.74, 6) is 1.64. The molecule has 1 aromatic carbocycles. The largest absolute Gasteiger partial charge is 0.342 e. The first-order chi connectivity index (χ1) is 11.7. The Kier molecular flexibility index (Phi) is 3.55. The first kappa shape index (κ1) is 14.9. The number of fused-ring (bicyclic) bond motifs is 1. The van der Waals surface area contributed by atoms with Crippen molar-refractivity contribution in [3.63, 3.8) is 0 Å². The summed E-state index contributed by atoms with van der Waals surface area (Å²) < 4.78 is 6.89. The van der Waals surface area contributed by atoms with Crippen molar-refractivity contribution in [2.45, 2.75) is 39.3 Å². The average molecular weight is 325 g/mol. The van der Waals surface area contributed by atoms with Crippen LogP contribution in [0.5, 0.6) is 0 Å². The van der Waals surface area contributed by atoms with Gasteiger partial charge < -0.3 is 14.0 Å². The number of para-hydroxylation sites is 2. The normalized spacial score (nSPS) is 17.8. The fraction of sp³-hybridized carbons (Fsp3) is 0.412. The maximum atomic E-state index is 13.0. The maximum absolute atomic E-state index is 13.0. The summed E-state index contributed by atoms with van der Waals surface area (Å²) >= 11 is 0. The molecule has 7 nitrogen and oxygen atoms in total. The summed E-state index contributed by atoms with van der Waals surface area (Å²) in [5.41, 5.74) is 1.62. The molecule has 1 saturated heterocycles. The van der Waals surface area contributed by atoms with E-state index in [9.17, 15) is 4.79 Å². The van der Waals surface area contributed by atoms with E-state index in [-0.39, 0.29) is 11.6 Å². The molecule has 0 saturated carbocycles. The number of hydrogen-bond acceptors (Lipinski definition) is 6. The Morgan fingerprint density at radius 3 is 2.88 bits per heavy atom. The highest BCUT2D eigenvalue weighted by molar-refractivity contribution is 5.76. The molecule has 1 atom stereocenters. The van der Waals surface area contributed by atoms with Crippen LogP contribution in [0.1, 0.15) is 37.5 Å². The molecule has 7 heteroatoms. The Hall–Kier alpha value is -2.70. The van der Waals surface area contributed by atoms with Gasteiger partial charge in [0, 0.05) is 20.0 Å². The Morgan fingerprint density at radius 2 is 2.12 bits per heavy atom. The minimum absolute atomic E-state index is 0.0610. The molecule has 0 unspecified atom stereocenters. The van der Waals surface area contributed by atoms with Crippen LogP contribution in [0.2, 0.25) is 0 Å². The smallest absolute Gasteiger partial charge is 0.294 e. The third kappa shape index (κ3) is 2.28. The topological polar surface area (TPSA) is 77.0 Å². The molecule has 124 valence electrons. The highest BCUT2D eigenvalue weighted by Crippen LogP contribution is 2.33. The van der Waals surface area contributed by atoms with Crippen LogP contribution in [0.15, 0.2) is 33.6 Å². The number of anilines is 1. The SMILES string of the molecule is CCn1c(=O)c(N2CCC[C@H]2c2noc(C)n2)nc2ccccc21. The molecule has 0 amide bonds. The molecule has 0 spiro atoms. The van der Waals surface area contributed by atoms with Crippen LogP contribution >= 0.6 is 0 Å². The second-order valence-corrected chi connectivity index (χ2v) is 6.00. The van der Waals surface area contributed by atoms with Crippen LogP contribution in [-0.4, -0.2) is 26.2 Å². The number of aryl methyl sites for hydroxylation is 2. The lowest BCUT2D eigenvalue weighted by Crippen LogP contribution is -2.33. The van der Waals surface area contributed by atoms with Gasteiger partial charge in [-0.3, -0.25) is 4.79 Å². The molecule has 0 radical (unpaired) electrons. The van der Waals surface area contributed by atoms with E-state index in [2.05, 4.69) is 15.1 Å². The standard InChI is InChI=1S/C17H19N5O2/c1-3-21-13-8-5-4-7-12(13)19-16(17(21)23)22-10-6-9-14(22)15-18-11(2)24-20-15/h4-5,7-8,14H,3,6,9-10H2,1-2H3/t14-/m0/s1. The molecule has 1 aliphatic heterocycles. The van der Waals surface area contributed by atoms with Gasteiger partial charge in [0.05, 0.1) is 17.1 Å². The Bertz CT molecular complexity index is 946. The average Bonchev–Trinajstić information content (AvgIpc) is 3.23. The minimum atomic E-state index is -0.0664. The molecule has 0 aliphatic carbocycles. The quantitative estimate of drug-likeness (QED) is 0.736. The van der Waals surface area contributed by atoms with Crippen LogP contribution in [0.3, 0.4) is 0 Å². The van der Waals surface area contributed by atoms with Crippen LogP contribution in [0.25, 0.3) is 11.0 Å². The van der Waals surface area contributed by atoms with Gasteiger partial charge in [-0.1, -0.05) is 17.3 Å². The van der Waals surface area contributed by atoms with E-state index in [4.69, 9.17) is 4.52 Å². The fourth-order valence-electron chi connectivity index (χ4n) is 3.42. The summed E-state index contributed by atoms with van der Waals surface area (Å²) in [6.45, 7) is 5.12. The maximum Gasteiger partial charge on any atom is 0.294 e. The number of rotatable bonds is 3. The van der Waals surface area contributed by atoms with Crippen LogP contribution < -0.4 is 10.5 Å². The van der Waals surface area contributed by atoms with Crippen molar-refractivity contribution >= 4 is 16.9 Å². The van der Waals surface area contributed by atoms with E-state index < -0.39 is 0 Å². The molecule has 0 bridgehead atoms. The van der Waals surface area contributed by atoms with Gasteiger partial charge in [0.15, 0.2) is 11.6 Å². The molecule has 24 heavy (non-hydrogen) atoms. The number of aromatic nitrogens is 4. The third-order valence-electron chi connectivity index (χ3n) is 4.52. The first-order valence-corrected chi connectivity index (χ1v) is 8.25. The zero-order chi connectivity index (χ0) is 16.7. The second-order valence-electron chi connectivity index (χ2n) is 6.00. The number of benzene rings is 1. The molecule has 3 heterocycles. The molecule has 4 rings (SSSR count). The summed E-state index contributed by atoms with van der Waals surface area (Å²) in [6.07, 6.45) is 1.86. The molecule has 1 aliphatic rings. The lowest BCUT2D eigenvalue weighted by Gasteiger charge is -2.23. The summed E-state index contributed by atoms with van der Waals surface area (Å²) in [7, 11) is 0. The monoisotopic (exact) mass is 325 g/mol. The van der Waals surface area contributed by atoms with Gasteiger partial charge in [0.1, 0.15) is 0 Å². The fourth-order valence-corrected chi connectivity index (χ4v) is 3.42. The van der Waals surface area contributed by atoms with Crippen molar-refractivity contribution in [1.29, 1.82) is 0 Å². The van der Waals surface area contributed by atoms with Crippen LogP contribution in [0, 0.1) is 6.92 Å². The van der Waals surface area contributed by atoms with Crippen molar-refractivity contribution in [2.24, 2.45) is 0 Å². The van der Waals surface area contributed by atoms with Crippen molar-refractivity contribution in [3.8, 4) is 0 Å². The second kappa shape index (κ2) is 5.74. The Labute approximate surface area is 138 Å². The number of hydrogen-bond donors (Lipinski definition) is 0. The highest BCUT2D eigenvalue weighted by Gasteiger charge is 2.33. The first-order valence-electron chi connectivity index (χ1n) is 8.25. The third-order valence-corrected chi connectivity index (χ3v) is 4.52. The summed E-state index contributed by atoms with van der Waals surface area (Å²) in [6, 6.07) is 7.67. The van der Waals surface area contributed by atoms with E-state index in [1.807, 2.05) is 36.1 Å². The highest BCUT2D eigenvalue weighted by atomic mass is 16.5. The molecular weight excluding hydrogens is 306 g/mol. The summed E-state index contributed by atoms with van der Waals surface area (Å²) in [5, 5.41) is 4.04. The zero-order valence-corrected chi connectivity index (χ0v) is 13.8. The van der Waals surface area contributed by atoms with Gasteiger partial charge in [0.25, 0.3) is 5.56 Å². The predicted octanol–water partition coefficient (Wildman–Crippen LogP) is 2.45. The van der Waals surface area contributed by atoms with E-state index in [0.717, 1.165) is 30.4 Å². The molecule has 1 fully saturated rings.